The summed E-state index contributed by atoms with van der Waals surface area (Å²) in [5.41, 5.74) is 1.14. The smallest absolute Gasteiger partial charge is 0.313 e. The van der Waals surface area contributed by atoms with E-state index in [1.54, 1.807) is 18.2 Å². The molecule has 0 unspecified atom stereocenters. The number of fused-ring (bicyclic) bond motifs is 1. The highest BCUT2D eigenvalue weighted by Gasteiger charge is 2.34. The number of benzene rings is 2. The van der Waals surface area contributed by atoms with Gasteiger partial charge < -0.3 is 4.74 Å². The summed E-state index contributed by atoms with van der Waals surface area (Å²) < 4.78 is 31.8. The minimum Gasteiger partial charge on any atom is -0.469 e. The maximum Gasteiger partial charge on any atom is 0.313 e. The summed E-state index contributed by atoms with van der Waals surface area (Å²) in [5, 5.41) is 0. The van der Waals surface area contributed by atoms with Crippen molar-refractivity contribution in [1.82, 2.24) is 4.31 Å². The van der Waals surface area contributed by atoms with Crippen LogP contribution in [0.15, 0.2) is 64.5 Å². The number of rotatable bonds is 4. The van der Waals surface area contributed by atoms with Crippen LogP contribution in [0.25, 0.3) is 0 Å². The second kappa shape index (κ2) is 6.45. The zero-order chi connectivity index (χ0) is 17.2. The van der Waals surface area contributed by atoms with E-state index in [0.717, 1.165) is 5.56 Å². The van der Waals surface area contributed by atoms with Gasteiger partial charge in [0.1, 0.15) is 17.2 Å². The summed E-state index contributed by atoms with van der Waals surface area (Å²) in [4.78, 5) is 16.2. The first-order valence-corrected chi connectivity index (χ1v) is 8.76. The number of amidine groups is 1. The van der Waals surface area contributed by atoms with E-state index in [1.165, 1.54) is 17.5 Å². The van der Waals surface area contributed by atoms with Crippen molar-refractivity contribution < 1.29 is 17.9 Å². The normalized spacial score (nSPS) is 15.4. The molecule has 7 heteroatoms. The fourth-order valence-corrected chi connectivity index (χ4v) is 4.04. The Kier molecular flexibility index (Phi) is 4.35. The third-order valence-corrected chi connectivity index (χ3v) is 5.49. The van der Waals surface area contributed by atoms with Crippen LogP contribution >= 0.6 is 0 Å². The summed E-state index contributed by atoms with van der Waals surface area (Å²) in [7, 11) is -2.53. The van der Waals surface area contributed by atoms with Crippen molar-refractivity contribution in [1.29, 1.82) is 0 Å². The Bertz CT molecular complexity index is 892. The SMILES string of the molecule is COC(=O)CC1=Nc2ccccc2S(=O)(=O)N1Cc1ccccc1. The molecule has 24 heavy (non-hydrogen) atoms. The Balaban J connectivity index is 2.07. The number of carbonyl (C=O) groups is 1. The van der Waals surface area contributed by atoms with Gasteiger partial charge in [0.05, 0.1) is 19.3 Å². The lowest BCUT2D eigenvalue weighted by molar-refractivity contribution is -0.139. The van der Waals surface area contributed by atoms with Gasteiger partial charge in [0.2, 0.25) is 0 Å². The van der Waals surface area contributed by atoms with Crippen LogP contribution in [0.1, 0.15) is 12.0 Å². The molecule has 124 valence electrons. The van der Waals surface area contributed by atoms with Crippen LogP contribution in [-0.2, 0) is 26.1 Å². The Morgan fingerprint density at radius 1 is 1.08 bits per heavy atom. The van der Waals surface area contributed by atoms with Gasteiger partial charge in [0.15, 0.2) is 0 Å². The number of esters is 1. The number of hydrogen-bond acceptors (Lipinski definition) is 5. The van der Waals surface area contributed by atoms with Gasteiger partial charge in [0, 0.05) is 0 Å². The Labute approximate surface area is 140 Å². The molecule has 1 heterocycles. The predicted molar refractivity (Wildman–Crippen MR) is 89.3 cm³/mol. The van der Waals surface area contributed by atoms with E-state index in [9.17, 15) is 13.2 Å². The predicted octanol–water partition coefficient (Wildman–Crippen LogP) is 2.48. The molecule has 0 N–H and O–H groups in total. The number of sulfonamides is 1. The van der Waals surface area contributed by atoms with Crippen molar-refractivity contribution >= 4 is 27.5 Å². The van der Waals surface area contributed by atoms with E-state index in [-0.39, 0.29) is 23.7 Å². The fourth-order valence-electron chi connectivity index (χ4n) is 2.47. The largest absolute Gasteiger partial charge is 0.469 e. The van der Waals surface area contributed by atoms with Gasteiger partial charge in [-0.15, -0.1) is 0 Å². The average Bonchev–Trinajstić information content (AvgIpc) is 2.59. The Morgan fingerprint density at radius 2 is 1.75 bits per heavy atom. The first-order valence-electron chi connectivity index (χ1n) is 7.32. The van der Waals surface area contributed by atoms with Crippen molar-refractivity contribution in [3.63, 3.8) is 0 Å². The van der Waals surface area contributed by atoms with E-state index < -0.39 is 16.0 Å². The highest BCUT2D eigenvalue weighted by molar-refractivity contribution is 7.90. The maximum absolute atomic E-state index is 13.0. The molecule has 3 rings (SSSR count). The second-order valence-corrected chi connectivity index (χ2v) is 7.08. The summed E-state index contributed by atoms with van der Waals surface area (Å²) >= 11 is 0. The summed E-state index contributed by atoms with van der Waals surface area (Å²) in [6, 6.07) is 15.7. The van der Waals surface area contributed by atoms with Crippen LogP contribution < -0.4 is 0 Å². The molecular weight excluding hydrogens is 328 g/mol. The van der Waals surface area contributed by atoms with Crippen LogP contribution in [0.5, 0.6) is 0 Å². The molecule has 2 aromatic rings. The molecule has 0 saturated heterocycles. The number of carbonyl (C=O) groups excluding carboxylic acids is 1. The number of nitrogens with zero attached hydrogens (tertiary/aromatic N) is 2. The summed E-state index contributed by atoms with van der Waals surface area (Å²) in [6.45, 7) is 0.104. The lowest BCUT2D eigenvalue weighted by Crippen LogP contribution is -2.39. The third kappa shape index (κ3) is 3.03. The van der Waals surface area contributed by atoms with Gasteiger partial charge >= 0.3 is 5.97 Å². The molecule has 0 aliphatic carbocycles. The van der Waals surface area contributed by atoms with Crippen molar-refractivity contribution in [3.8, 4) is 0 Å². The lowest BCUT2D eigenvalue weighted by Gasteiger charge is -2.29. The maximum atomic E-state index is 13.0. The fraction of sp³-hybridized carbons (Fsp3) is 0.176. The van der Waals surface area contributed by atoms with Crippen LogP contribution in [0.4, 0.5) is 5.69 Å². The van der Waals surface area contributed by atoms with Gasteiger partial charge in [-0.1, -0.05) is 42.5 Å². The quantitative estimate of drug-likeness (QED) is 0.799. The average molecular weight is 344 g/mol. The third-order valence-electron chi connectivity index (χ3n) is 3.67. The van der Waals surface area contributed by atoms with E-state index in [4.69, 9.17) is 0 Å². The molecule has 0 spiro atoms. The van der Waals surface area contributed by atoms with Crippen molar-refractivity contribution in [2.24, 2.45) is 4.99 Å². The van der Waals surface area contributed by atoms with Gasteiger partial charge in [-0.2, -0.15) is 0 Å². The minimum atomic E-state index is -3.79. The van der Waals surface area contributed by atoms with E-state index in [2.05, 4.69) is 9.73 Å². The number of ether oxygens (including phenoxy) is 1. The number of aliphatic imine (C=N–C) groups is 1. The molecule has 0 aromatic heterocycles. The number of methoxy groups -OCH3 is 1. The molecule has 0 radical (unpaired) electrons. The molecule has 1 aliphatic rings. The highest BCUT2D eigenvalue weighted by Crippen LogP contribution is 2.33. The van der Waals surface area contributed by atoms with Crippen LogP contribution in [0.3, 0.4) is 0 Å². The molecule has 6 nitrogen and oxygen atoms in total. The molecule has 0 atom stereocenters. The molecule has 0 amide bonds. The van der Waals surface area contributed by atoms with Crippen LogP contribution in [0, 0.1) is 0 Å². The molecule has 2 aromatic carbocycles. The van der Waals surface area contributed by atoms with Crippen LogP contribution in [-0.4, -0.2) is 31.6 Å². The van der Waals surface area contributed by atoms with Gasteiger partial charge in [-0.3, -0.25) is 4.79 Å². The Hall–Kier alpha value is -2.67. The molecule has 0 bridgehead atoms. The molecule has 1 aliphatic heterocycles. The standard InChI is InChI=1S/C17H16N2O4S/c1-23-17(20)11-16-18-14-9-5-6-10-15(14)24(21,22)19(16)12-13-7-3-2-4-8-13/h2-10H,11-12H2,1H3. The minimum absolute atomic E-state index is 0.104. The number of para-hydroxylation sites is 1. The monoisotopic (exact) mass is 344 g/mol. The topological polar surface area (TPSA) is 76.0 Å². The second-order valence-electron chi connectivity index (χ2n) is 5.25. The van der Waals surface area contributed by atoms with Crippen molar-refractivity contribution in [2.45, 2.75) is 17.9 Å². The zero-order valence-electron chi connectivity index (χ0n) is 13.0. The van der Waals surface area contributed by atoms with E-state index >= 15 is 0 Å². The van der Waals surface area contributed by atoms with Gasteiger partial charge in [-0.25, -0.2) is 17.7 Å². The van der Waals surface area contributed by atoms with Crippen molar-refractivity contribution in [3.05, 3.63) is 60.2 Å². The Morgan fingerprint density at radius 3 is 2.46 bits per heavy atom. The molecular formula is C17H16N2O4S. The van der Waals surface area contributed by atoms with Crippen LogP contribution in [0.2, 0.25) is 0 Å². The first kappa shape index (κ1) is 16.2. The van der Waals surface area contributed by atoms with Crippen molar-refractivity contribution in [2.75, 3.05) is 7.11 Å². The first-order chi connectivity index (χ1) is 11.5. The lowest BCUT2D eigenvalue weighted by atomic mass is 10.2. The summed E-state index contributed by atoms with van der Waals surface area (Å²) in [6.07, 6.45) is -0.211. The highest BCUT2D eigenvalue weighted by atomic mass is 32.2. The number of hydrogen-bond donors (Lipinski definition) is 0. The summed E-state index contributed by atoms with van der Waals surface area (Å²) in [5.74, 6) is -0.384. The zero-order valence-corrected chi connectivity index (χ0v) is 13.9. The van der Waals surface area contributed by atoms with Gasteiger partial charge in [-0.05, 0) is 17.7 Å². The molecule has 0 fully saturated rings. The van der Waals surface area contributed by atoms with E-state index in [0.29, 0.717) is 5.69 Å². The molecule has 0 saturated carbocycles. The van der Waals surface area contributed by atoms with E-state index in [1.807, 2.05) is 30.3 Å². The van der Waals surface area contributed by atoms with Gasteiger partial charge in [0.25, 0.3) is 10.0 Å².